The Labute approximate surface area is 335 Å². The van der Waals surface area contributed by atoms with Crippen LogP contribution in [0.2, 0.25) is 0 Å². The van der Waals surface area contributed by atoms with Crippen molar-refractivity contribution in [2.24, 2.45) is 16.7 Å². The molecular formula is C43H49NO14. The molecule has 2 aromatic carbocycles. The number of Topliss-reactive ketones (excluding diaryl/α,β-unsaturated/α-hetero) is 1. The largest absolute Gasteiger partial charge is 0.456 e. The minimum atomic E-state index is -2.35. The molecule has 0 radical (unpaired) electrons. The molecule has 7 rings (SSSR count). The van der Waals surface area contributed by atoms with Crippen LogP contribution in [0, 0.1) is 16.7 Å². The molecule has 4 fully saturated rings. The van der Waals surface area contributed by atoms with Gasteiger partial charge in [-0.25, -0.2) is 9.59 Å². The van der Waals surface area contributed by atoms with Gasteiger partial charge in [-0.2, -0.15) is 0 Å². The molecule has 15 nitrogen and oxygen atoms in total. The molecule has 4 aliphatic carbocycles. The highest BCUT2D eigenvalue weighted by Crippen LogP contribution is 2.64. The second kappa shape index (κ2) is 14.4. The third-order valence-electron chi connectivity index (χ3n) is 13.4. The zero-order chi connectivity index (χ0) is 42.2. The van der Waals surface area contributed by atoms with Crippen LogP contribution in [0.5, 0.6) is 0 Å². The maximum absolute atomic E-state index is 15.4. The SMILES string of the molecule is CC(=O)O[C@H]1C(=O)[C@@]2(C)[C@H]([C@H](OC(=O)c3ccccc3)[C@]3(O)C[C@H](OC(=O)[C@H](O)C4(NC(=O)c5ccccc5)CC4)C(C)=C1C3(C)C)[C@]1(OC(C)=O)CO[C@@H]1C[C@@H]2O. The van der Waals surface area contributed by atoms with Crippen LogP contribution < -0.4 is 5.32 Å². The van der Waals surface area contributed by atoms with E-state index in [4.69, 9.17) is 23.7 Å². The Morgan fingerprint density at radius 1 is 0.879 bits per heavy atom. The van der Waals surface area contributed by atoms with Crippen molar-refractivity contribution in [2.45, 2.75) is 121 Å². The van der Waals surface area contributed by atoms with Crippen LogP contribution in [-0.2, 0) is 42.9 Å². The Balaban J connectivity index is 1.37. The fourth-order valence-electron chi connectivity index (χ4n) is 9.94. The van der Waals surface area contributed by atoms with E-state index < -0.39 is 112 Å². The number of ether oxygens (including phenoxy) is 5. The molecule has 1 amide bonds. The first-order chi connectivity index (χ1) is 27.2. The molecule has 10 atom stereocenters. The molecule has 310 valence electrons. The molecule has 58 heavy (non-hydrogen) atoms. The summed E-state index contributed by atoms with van der Waals surface area (Å²) in [5.74, 6) is -6.60. The van der Waals surface area contributed by atoms with Crippen molar-refractivity contribution in [2.75, 3.05) is 6.61 Å². The Bertz CT molecular complexity index is 2060. The van der Waals surface area contributed by atoms with Gasteiger partial charge in [-0.15, -0.1) is 0 Å². The molecule has 3 saturated carbocycles. The Morgan fingerprint density at radius 3 is 2.02 bits per heavy atom. The van der Waals surface area contributed by atoms with Gasteiger partial charge in [-0.3, -0.25) is 19.2 Å². The fourth-order valence-corrected chi connectivity index (χ4v) is 9.94. The number of aliphatic hydroxyl groups is 3. The molecular weight excluding hydrogens is 754 g/mol. The number of aliphatic hydroxyl groups excluding tert-OH is 2. The predicted molar refractivity (Wildman–Crippen MR) is 200 cm³/mol. The zero-order valence-electron chi connectivity index (χ0n) is 33.2. The van der Waals surface area contributed by atoms with Crippen LogP contribution in [-0.4, -0.2) is 111 Å². The number of benzene rings is 2. The minimum Gasteiger partial charge on any atom is -0.456 e. The van der Waals surface area contributed by atoms with Gasteiger partial charge in [-0.05, 0) is 62.1 Å². The van der Waals surface area contributed by atoms with Gasteiger partial charge >= 0.3 is 23.9 Å². The van der Waals surface area contributed by atoms with E-state index in [9.17, 15) is 39.3 Å². The molecule has 0 aromatic heterocycles. The second-order valence-electron chi connectivity index (χ2n) is 17.1. The van der Waals surface area contributed by atoms with Gasteiger partial charge in [0.15, 0.2) is 23.6 Å². The lowest BCUT2D eigenvalue weighted by Crippen LogP contribution is -2.82. The highest BCUT2D eigenvalue weighted by atomic mass is 16.6. The molecule has 1 saturated heterocycles. The van der Waals surface area contributed by atoms with Crippen molar-refractivity contribution >= 4 is 35.6 Å². The normalized spacial score (nSPS) is 34.6. The average Bonchev–Trinajstić information content (AvgIpc) is 3.96. The lowest BCUT2D eigenvalue weighted by Gasteiger charge is -2.67. The Morgan fingerprint density at radius 2 is 1.48 bits per heavy atom. The number of carbonyl (C=O) groups excluding carboxylic acids is 6. The summed E-state index contributed by atoms with van der Waals surface area (Å²) in [4.78, 5) is 82.4. The van der Waals surface area contributed by atoms with E-state index >= 15 is 4.79 Å². The van der Waals surface area contributed by atoms with E-state index in [1.165, 1.54) is 26.0 Å². The van der Waals surface area contributed by atoms with E-state index in [1.807, 2.05) is 0 Å². The number of esters is 4. The van der Waals surface area contributed by atoms with Gasteiger partial charge in [0, 0.05) is 37.7 Å². The topological polar surface area (TPSA) is 221 Å². The molecule has 1 aliphatic heterocycles. The minimum absolute atomic E-state index is 0.0217. The fraction of sp³-hybridized carbons (Fsp3) is 0.535. The van der Waals surface area contributed by atoms with Gasteiger partial charge in [0.1, 0.15) is 23.9 Å². The smallest absolute Gasteiger partial charge is 0.338 e. The van der Waals surface area contributed by atoms with Crippen LogP contribution in [0.1, 0.15) is 87.9 Å². The van der Waals surface area contributed by atoms with Crippen molar-refractivity contribution in [3.05, 3.63) is 82.9 Å². The molecule has 5 aliphatic rings. The van der Waals surface area contributed by atoms with Crippen molar-refractivity contribution in [1.82, 2.24) is 5.32 Å². The van der Waals surface area contributed by atoms with Gasteiger partial charge < -0.3 is 44.3 Å². The molecule has 2 aromatic rings. The summed E-state index contributed by atoms with van der Waals surface area (Å²) in [5.41, 5.74) is -8.49. The number of hydrogen-bond donors (Lipinski definition) is 4. The Hall–Kier alpha value is -4.96. The standard InChI is InChI=1S/C43H49NO14/c1-22-27(56-38(52)34(49)41(17-18-41)44-36(50)25-13-9-7-10-14-25)20-43(53)35(57-37(51)26-15-11-8-12-16-26)32-40(6,28(47)19-29-42(32,21-54-29)58-24(3)46)33(48)31(55-23(2)45)30(22)39(43,4)5/h7-16,27-29,31-32,34-35,47,49,53H,17-21H2,1-6H3,(H,44,50)/t27-,28-,29+,31+,32-,34-,35-,40+,42-,43+/m0/s1. The predicted octanol–water partition coefficient (Wildman–Crippen LogP) is 2.53. The molecule has 2 bridgehead atoms. The van der Waals surface area contributed by atoms with Crippen LogP contribution in [0.3, 0.4) is 0 Å². The average molecular weight is 804 g/mol. The van der Waals surface area contributed by atoms with Crippen LogP contribution in [0.4, 0.5) is 0 Å². The van der Waals surface area contributed by atoms with Gasteiger partial charge in [-0.1, -0.05) is 50.2 Å². The van der Waals surface area contributed by atoms with Crippen molar-refractivity contribution in [3.63, 3.8) is 0 Å². The maximum Gasteiger partial charge on any atom is 0.338 e. The number of rotatable bonds is 9. The number of amides is 1. The number of fused-ring (bicyclic) bond motifs is 5. The van der Waals surface area contributed by atoms with Crippen LogP contribution in [0.15, 0.2) is 71.8 Å². The summed E-state index contributed by atoms with van der Waals surface area (Å²) < 4.78 is 30.1. The maximum atomic E-state index is 15.4. The first-order valence-electron chi connectivity index (χ1n) is 19.4. The van der Waals surface area contributed by atoms with E-state index in [1.54, 1.807) is 62.4 Å². The van der Waals surface area contributed by atoms with E-state index in [0.29, 0.717) is 5.56 Å². The molecule has 15 heteroatoms. The summed E-state index contributed by atoms with van der Waals surface area (Å²) in [6.07, 6.45) is -9.61. The van der Waals surface area contributed by atoms with Gasteiger partial charge in [0.25, 0.3) is 5.91 Å². The van der Waals surface area contributed by atoms with Gasteiger partial charge in [0.05, 0.1) is 35.1 Å². The van der Waals surface area contributed by atoms with E-state index in [0.717, 1.165) is 13.8 Å². The molecule has 1 heterocycles. The lowest BCUT2D eigenvalue weighted by molar-refractivity contribution is -0.346. The zero-order valence-corrected chi connectivity index (χ0v) is 33.2. The highest BCUT2D eigenvalue weighted by Gasteiger charge is 2.78. The van der Waals surface area contributed by atoms with Gasteiger partial charge in [0.2, 0.25) is 0 Å². The van der Waals surface area contributed by atoms with E-state index in [-0.39, 0.29) is 42.6 Å². The number of nitrogens with one attached hydrogen (secondary N) is 1. The third kappa shape index (κ3) is 6.33. The third-order valence-corrected chi connectivity index (χ3v) is 13.4. The summed E-state index contributed by atoms with van der Waals surface area (Å²) in [5, 5.41) is 39.8. The Kier molecular flexibility index (Phi) is 10.2. The van der Waals surface area contributed by atoms with Crippen LogP contribution in [0.25, 0.3) is 0 Å². The first kappa shape index (κ1) is 41.2. The summed E-state index contributed by atoms with van der Waals surface area (Å²) in [6, 6.07) is 16.1. The highest BCUT2D eigenvalue weighted by molar-refractivity contribution is 5.96. The van der Waals surface area contributed by atoms with Crippen LogP contribution >= 0.6 is 0 Å². The quantitative estimate of drug-likeness (QED) is 0.163. The molecule has 4 N–H and O–H groups in total. The lowest BCUT2D eigenvalue weighted by atomic mass is 9.44. The van der Waals surface area contributed by atoms with E-state index in [2.05, 4.69) is 5.32 Å². The summed E-state index contributed by atoms with van der Waals surface area (Å²) >= 11 is 0. The first-order valence-corrected chi connectivity index (χ1v) is 19.4. The van der Waals surface area contributed by atoms with Crippen molar-refractivity contribution in [3.8, 4) is 0 Å². The number of ketones is 1. The summed E-state index contributed by atoms with van der Waals surface area (Å²) in [6.45, 7) is 8.03. The van der Waals surface area contributed by atoms with Crippen molar-refractivity contribution < 1.29 is 67.8 Å². The van der Waals surface area contributed by atoms with Crippen molar-refractivity contribution in [1.29, 1.82) is 0 Å². The molecule has 0 unspecified atom stereocenters. The second-order valence-corrected chi connectivity index (χ2v) is 17.1. The number of hydrogen-bond acceptors (Lipinski definition) is 14. The monoisotopic (exact) mass is 803 g/mol. The molecule has 0 spiro atoms. The number of carbonyl (C=O) groups is 6. The summed E-state index contributed by atoms with van der Waals surface area (Å²) in [7, 11) is 0.